The second-order valence-electron chi connectivity index (χ2n) is 9.91. The maximum Gasteiger partial charge on any atom is 0.416 e. The zero-order valence-electron chi connectivity index (χ0n) is 21.8. The second-order valence-corrected chi connectivity index (χ2v) is 9.91. The molecular formula is C29H24F3N7O2. The summed E-state index contributed by atoms with van der Waals surface area (Å²) >= 11 is 0. The smallest absolute Gasteiger partial charge is 0.323 e. The van der Waals surface area contributed by atoms with Gasteiger partial charge in [0.25, 0.3) is 5.91 Å². The van der Waals surface area contributed by atoms with Gasteiger partial charge in [-0.25, -0.2) is 9.78 Å². The van der Waals surface area contributed by atoms with Crippen molar-refractivity contribution >= 4 is 40.8 Å². The molecule has 1 aliphatic heterocycles. The summed E-state index contributed by atoms with van der Waals surface area (Å²) in [6, 6.07) is 12.6. The summed E-state index contributed by atoms with van der Waals surface area (Å²) in [5.74, 6) is 0.198. The van der Waals surface area contributed by atoms with Crippen molar-refractivity contribution in [3.05, 3.63) is 95.4 Å². The summed E-state index contributed by atoms with van der Waals surface area (Å²) in [5.41, 5.74) is 2.12. The first-order valence-corrected chi connectivity index (χ1v) is 12.9. The number of carbonyl (C=O) groups is 2. The molecule has 2 aromatic carbocycles. The molecule has 0 spiro atoms. The number of carbonyl (C=O) groups excluding carboxylic acids is 2. The Kier molecular flexibility index (Phi) is 6.52. The standard InChI is InChI=1S/C29H24F3N7O2/c1-17-7-8-21(35-26(40)18-4-2-5-20(12-18)29(30,31)32)13-24(17)38-16-19-14-34-27(36-22-6-3-11-33-15-22)37-25(19)39(28(38)41)23-9-10-23/h2-8,11-15,23H,9-10,16H2,1H3,(H,35,40)(H,34,36,37). The minimum absolute atomic E-state index is 0.00860. The number of alkyl halides is 3. The Bertz CT molecular complexity index is 1640. The predicted molar refractivity (Wildman–Crippen MR) is 147 cm³/mol. The monoisotopic (exact) mass is 559 g/mol. The van der Waals surface area contributed by atoms with Gasteiger partial charge in [0, 0.05) is 35.2 Å². The van der Waals surface area contributed by atoms with Crippen molar-refractivity contribution in [1.29, 1.82) is 0 Å². The molecule has 3 amide bonds. The van der Waals surface area contributed by atoms with E-state index in [0.717, 1.165) is 36.1 Å². The van der Waals surface area contributed by atoms with Gasteiger partial charge in [-0.2, -0.15) is 18.2 Å². The number of aryl methyl sites for hydroxylation is 1. The van der Waals surface area contributed by atoms with E-state index in [1.165, 1.54) is 12.1 Å². The Morgan fingerprint density at radius 1 is 1.02 bits per heavy atom. The summed E-state index contributed by atoms with van der Waals surface area (Å²) in [5, 5.41) is 5.77. The van der Waals surface area contributed by atoms with Crippen LogP contribution in [-0.2, 0) is 12.7 Å². The van der Waals surface area contributed by atoms with Crippen LogP contribution in [0.15, 0.2) is 73.2 Å². The number of rotatable bonds is 6. The lowest BCUT2D eigenvalue weighted by molar-refractivity contribution is -0.137. The Morgan fingerprint density at radius 2 is 1.85 bits per heavy atom. The molecular weight excluding hydrogens is 535 g/mol. The van der Waals surface area contributed by atoms with E-state index in [4.69, 9.17) is 0 Å². The average molecular weight is 560 g/mol. The summed E-state index contributed by atoms with van der Waals surface area (Å²) in [6.07, 6.45) is 2.13. The summed E-state index contributed by atoms with van der Waals surface area (Å²) in [4.78, 5) is 43.1. The van der Waals surface area contributed by atoms with E-state index in [0.29, 0.717) is 28.8 Å². The molecule has 0 saturated heterocycles. The fourth-order valence-corrected chi connectivity index (χ4v) is 4.67. The van der Waals surface area contributed by atoms with Gasteiger partial charge in [-0.05, 0) is 67.8 Å². The highest BCUT2D eigenvalue weighted by molar-refractivity contribution is 6.08. The Morgan fingerprint density at radius 3 is 2.59 bits per heavy atom. The maximum absolute atomic E-state index is 13.8. The van der Waals surface area contributed by atoms with Crippen molar-refractivity contribution in [3.63, 3.8) is 0 Å². The third-order valence-electron chi connectivity index (χ3n) is 6.87. The van der Waals surface area contributed by atoms with Gasteiger partial charge in [-0.15, -0.1) is 0 Å². The summed E-state index contributed by atoms with van der Waals surface area (Å²) in [6.45, 7) is 2.05. The second kappa shape index (κ2) is 10.2. The molecule has 3 heterocycles. The van der Waals surface area contributed by atoms with Gasteiger partial charge in [0.2, 0.25) is 5.95 Å². The lowest BCUT2D eigenvalue weighted by atomic mass is 10.1. The van der Waals surface area contributed by atoms with Crippen LogP contribution in [0.25, 0.3) is 0 Å². The number of halogens is 3. The number of hydrogen-bond donors (Lipinski definition) is 2. The van der Waals surface area contributed by atoms with Gasteiger partial charge in [-0.3, -0.25) is 19.6 Å². The van der Waals surface area contributed by atoms with Crippen LogP contribution in [0.5, 0.6) is 0 Å². The van der Waals surface area contributed by atoms with Crippen molar-refractivity contribution in [3.8, 4) is 0 Å². The Balaban J connectivity index is 1.28. The van der Waals surface area contributed by atoms with Crippen LogP contribution < -0.4 is 20.4 Å². The number of aromatic nitrogens is 3. The van der Waals surface area contributed by atoms with Crippen molar-refractivity contribution < 1.29 is 22.8 Å². The lowest BCUT2D eigenvalue weighted by Crippen LogP contribution is -2.49. The van der Waals surface area contributed by atoms with Crippen LogP contribution >= 0.6 is 0 Å². The van der Waals surface area contributed by atoms with Crippen LogP contribution in [0.3, 0.4) is 0 Å². The molecule has 2 aromatic heterocycles. The number of pyridine rings is 1. The highest BCUT2D eigenvalue weighted by Crippen LogP contribution is 2.40. The van der Waals surface area contributed by atoms with Gasteiger partial charge in [0.05, 0.1) is 29.7 Å². The molecule has 208 valence electrons. The van der Waals surface area contributed by atoms with Crippen LogP contribution in [0.1, 0.15) is 39.9 Å². The largest absolute Gasteiger partial charge is 0.416 e. The molecule has 12 heteroatoms. The molecule has 0 unspecified atom stereocenters. The van der Waals surface area contributed by atoms with Gasteiger partial charge in [0.15, 0.2) is 0 Å². The molecule has 1 saturated carbocycles. The molecule has 0 bridgehead atoms. The lowest BCUT2D eigenvalue weighted by Gasteiger charge is -2.37. The van der Waals surface area contributed by atoms with Crippen LogP contribution in [0, 0.1) is 6.92 Å². The molecule has 1 aliphatic carbocycles. The van der Waals surface area contributed by atoms with Crippen molar-refractivity contribution in [1.82, 2.24) is 15.0 Å². The van der Waals surface area contributed by atoms with E-state index in [-0.39, 0.29) is 24.2 Å². The molecule has 4 aromatic rings. The van der Waals surface area contributed by atoms with E-state index in [1.807, 2.05) is 13.0 Å². The number of urea groups is 1. The quantitative estimate of drug-likeness (QED) is 0.287. The van der Waals surface area contributed by atoms with Crippen molar-refractivity contribution in [2.24, 2.45) is 0 Å². The zero-order chi connectivity index (χ0) is 28.7. The van der Waals surface area contributed by atoms with E-state index in [9.17, 15) is 22.8 Å². The molecule has 9 nitrogen and oxygen atoms in total. The van der Waals surface area contributed by atoms with Gasteiger partial charge in [-0.1, -0.05) is 12.1 Å². The molecule has 2 N–H and O–H groups in total. The Labute approximate surface area is 233 Å². The first-order chi connectivity index (χ1) is 19.7. The van der Waals surface area contributed by atoms with Crippen molar-refractivity contribution in [2.75, 3.05) is 20.4 Å². The number of benzene rings is 2. The SMILES string of the molecule is Cc1ccc(NC(=O)c2cccc(C(F)(F)F)c2)cc1N1Cc2cnc(Nc3cccnc3)nc2N(C2CC2)C1=O. The maximum atomic E-state index is 13.8. The number of fused-ring (bicyclic) bond motifs is 1. The summed E-state index contributed by atoms with van der Waals surface area (Å²) in [7, 11) is 0. The number of nitrogens with zero attached hydrogens (tertiary/aromatic N) is 5. The fourth-order valence-electron chi connectivity index (χ4n) is 4.67. The van der Waals surface area contributed by atoms with Gasteiger partial charge >= 0.3 is 12.2 Å². The third-order valence-corrected chi connectivity index (χ3v) is 6.87. The van der Waals surface area contributed by atoms with Gasteiger partial charge in [0.1, 0.15) is 5.82 Å². The molecule has 6 rings (SSSR count). The molecule has 0 radical (unpaired) electrons. The molecule has 41 heavy (non-hydrogen) atoms. The van der Waals surface area contributed by atoms with E-state index in [2.05, 4.69) is 25.6 Å². The van der Waals surface area contributed by atoms with E-state index >= 15 is 0 Å². The summed E-state index contributed by atoms with van der Waals surface area (Å²) < 4.78 is 39.4. The number of nitrogens with one attached hydrogen (secondary N) is 2. The predicted octanol–water partition coefficient (Wildman–Crippen LogP) is 6.30. The van der Waals surface area contributed by atoms with Gasteiger partial charge < -0.3 is 10.6 Å². The van der Waals surface area contributed by atoms with Crippen LogP contribution in [0.4, 0.5) is 46.8 Å². The van der Waals surface area contributed by atoms with E-state index in [1.54, 1.807) is 52.7 Å². The number of anilines is 5. The number of hydrogen-bond acceptors (Lipinski definition) is 6. The average Bonchev–Trinajstić information content (AvgIpc) is 3.79. The molecule has 1 fully saturated rings. The minimum Gasteiger partial charge on any atom is -0.323 e. The minimum atomic E-state index is -4.56. The fraction of sp³-hybridized carbons (Fsp3) is 0.207. The first kappa shape index (κ1) is 26.2. The first-order valence-electron chi connectivity index (χ1n) is 12.9. The zero-order valence-corrected chi connectivity index (χ0v) is 21.8. The normalized spacial score (nSPS) is 15.0. The highest BCUT2D eigenvalue weighted by atomic mass is 19.4. The third kappa shape index (κ3) is 5.40. The molecule has 2 aliphatic rings. The Hall–Kier alpha value is -5.00. The topological polar surface area (TPSA) is 103 Å². The van der Waals surface area contributed by atoms with Crippen molar-refractivity contribution in [2.45, 2.75) is 38.5 Å². The molecule has 0 atom stereocenters. The van der Waals surface area contributed by atoms with E-state index < -0.39 is 17.6 Å². The highest BCUT2D eigenvalue weighted by Gasteiger charge is 2.42. The number of amides is 3. The van der Waals surface area contributed by atoms with Crippen LogP contribution in [0.2, 0.25) is 0 Å². The van der Waals surface area contributed by atoms with Crippen LogP contribution in [-0.4, -0.2) is 32.9 Å².